The number of rotatable bonds is 7. The Balaban J connectivity index is 1.54. The van der Waals surface area contributed by atoms with E-state index in [4.69, 9.17) is 23.8 Å². The molecule has 41 heavy (non-hydrogen) atoms. The number of piperazine rings is 1. The number of para-hydroxylation sites is 1. The fourth-order valence-corrected chi connectivity index (χ4v) is 6.73. The van der Waals surface area contributed by atoms with Gasteiger partial charge in [0.1, 0.15) is 21.8 Å². The Hall–Kier alpha value is -3.58. The number of carbonyl (C=O) groups excluding carboxylic acids is 1. The van der Waals surface area contributed by atoms with Crippen LogP contribution in [0.25, 0.3) is 6.08 Å². The summed E-state index contributed by atoms with van der Waals surface area (Å²) in [6, 6.07) is 19.8. The standard InChI is InChI=1S/C31H30ClN5O2S2/c1-3-13-36-28(35-16-14-34(15-17-35)23-10-5-4-6-11-23)24(21(2)25(19-33)29(36)38)18-27-30(39)37(31(40)41-27)20-22-9-7-8-12-26(22)32/h4-12,18H,3,13-17,20H2,1-2H3. The molecule has 0 aliphatic carbocycles. The van der Waals surface area contributed by atoms with Crippen molar-refractivity contribution in [2.75, 3.05) is 36.0 Å². The van der Waals surface area contributed by atoms with Crippen LogP contribution in [0.3, 0.4) is 0 Å². The lowest BCUT2D eigenvalue weighted by molar-refractivity contribution is -0.122. The summed E-state index contributed by atoms with van der Waals surface area (Å²) in [6.45, 7) is 7.48. The van der Waals surface area contributed by atoms with Gasteiger partial charge >= 0.3 is 0 Å². The molecule has 2 aromatic carbocycles. The Morgan fingerprint density at radius 1 is 1.02 bits per heavy atom. The lowest BCUT2D eigenvalue weighted by Crippen LogP contribution is -2.48. The molecule has 0 saturated carbocycles. The molecule has 0 spiro atoms. The second kappa shape index (κ2) is 12.5. The van der Waals surface area contributed by atoms with Gasteiger partial charge in [-0.3, -0.25) is 19.1 Å². The number of nitriles is 1. The van der Waals surface area contributed by atoms with Crippen molar-refractivity contribution in [3.63, 3.8) is 0 Å². The van der Waals surface area contributed by atoms with Crippen LogP contribution in [0.2, 0.25) is 5.02 Å². The van der Waals surface area contributed by atoms with Crippen molar-refractivity contribution in [2.24, 2.45) is 0 Å². The van der Waals surface area contributed by atoms with Crippen LogP contribution >= 0.6 is 35.6 Å². The van der Waals surface area contributed by atoms with Crippen LogP contribution in [0.4, 0.5) is 11.5 Å². The summed E-state index contributed by atoms with van der Waals surface area (Å²) < 4.78 is 2.15. The summed E-state index contributed by atoms with van der Waals surface area (Å²) in [5, 5.41) is 10.5. The van der Waals surface area contributed by atoms with E-state index in [2.05, 4.69) is 28.0 Å². The summed E-state index contributed by atoms with van der Waals surface area (Å²) in [5.74, 6) is 0.531. The van der Waals surface area contributed by atoms with Gasteiger partial charge in [-0.15, -0.1) is 0 Å². The van der Waals surface area contributed by atoms with Gasteiger partial charge in [-0.05, 0) is 48.7 Å². The molecule has 2 fully saturated rings. The number of benzene rings is 2. The predicted octanol–water partition coefficient (Wildman–Crippen LogP) is 5.82. The molecule has 0 unspecified atom stereocenters. The van der Waals surface area contributed by atoms with Crippen molar-refractivity contribution in [1.82, 2.24) is 9.47 Å². The van der Waals surface area contributed by atoms with Gasteiger partial charge in [0.2, 0.25) is 0 Å². The molecule has 3 heterocycles. The van der Waals surface area contributed by atoms with Gasteiger partial charge in [-0.25, -0.2) is 0 Å². The quantitative estimate of drug-likeness (QED) is 0.249. The number of thiocarbonyl (C=S) groups is 1. The van der Waals surface area contributed by atoms with Crippen LogP contribution in [0.5, 0.6) is 0 Å². The molecule has 3 aromatic rings. The minimum absolute atomic E-state index is 0.0999. The van der Waals surface area contributed by atoms with Crippen molar-refractivity contribution in [3.05, 3.63) is 97.1 Å². The molecule has 2 saturated heterocycles. The fraction of sp³-hybridized carbons (Fsp3) is 0.290. The van der Waals surface area contributed by atoms with Crippen LogP contribution in [0.1, 0.15) is 35.6 Å². The largest absolute Gasteiger partial charge is 0.368 e. The Morgan fingerprint density at radius 3 is 2.34 bits per heavy atom. The van der Waals surface area contributed by atoms with Gasteiger partial charge in [0.05, 0.1) is 11.4 Å². The highest BCUT2D eigenvalue weighted by Crippen LogP contribution is 2.37. The second-order valence-corrected chi connectivity index (χ2v) is 12.1. The summed E-state index contributed by atoms with van der Waals surface area (Å²) in [4.78, 5) is 33.7. The van der Waals surface area contributed by atoms with Crippen LogP contribution in [-0.4, -0.2) is 45.9 Å². The lowest BCUT2D eigenvalue weighted by Gasteiger charge is -2.39. The molecule has 0 N–H and O–H groups in total. The fourth-order valence-electron chi connectivity index (χ4n) is 5.30. The number of amides is 1. The maximum atomic E-state index is 13.6. The van der Waals surface area contributed by atoms with E-state index in [1.54, 1.807) is 22.5 Å². The first-order valence-corrected chi connectivity index (χ1v) is 15.2. The smallest absolute Gasteiger partial charge is 0.270 e. The van der Waals surface area contributed by atoms with Crippen LogP contribution in [-0.2, 0) is 17.9 Å². The Morgan fingerprint density at radius 2 is 1.68 bits per heavy atom. The van der Waals surface area contributed by atoms with E-state index < -0.39 is 0 Å². The number of pyridine rings is 1. The van der Waals surface area contributed by atoms with Crippen molar-refractivity contribution < 1.29 is 4.79 Å². The van der Waals surface area contributed by atoms with Crippen molar-refractivity contribution in [2.45, 2.75) is 33.4 Å². The SMILES string of the molecule is CCCn1c(N2CCN(c3ccccc3)CC2)c(C=C2SC(=S)N(Cc3ccccc3Cl)C2=O)c(C)c(C#N)c1=O. The zero-order chi connectivity index (χ0) is 29.1. The van der Waals surface area contributed by atoms with Crippen molar-refractivity contribution in [3.8, 4) is 6.07 Å². The van der Waals surface area contributed by atoms with Gasteiger partial charge in [0.15, 0.2) is 0 Å². The monoisotopic (exact) mass is 603 g/mol. The van der Waals surface area contributed by atoms with E-state index in [1.165, 1.54) is 11.8 Å². The van der Waals surface area contributed by atoms with Gasteiger partial charge in [0.25, 0.3) is 11.5 Å². The van der Waals surface area contributed by atoms with E-state index in [9.17, 15) is 14.9 Å². The number of nitrogens with zero attached hydrogens (tertiary/aromatic N) is 5. The van der Waals surface area contributed by atoms with Crippen LogP contribution in [0.15, 0.2) is 64.3 Å². The molecule has 0 atom stereocenters. The Labute approximate surface area is 254 Å². The van der Waals surface area contributed by atoms with Crippen LogP contribution in [0, 0.1) is 18.3 Å². The number of hydrogen-bond acceptors (Lipinski definition) is 7. The Bertz CT molecular complexity index is 1620. The maximum absolute atomic E-state index is 13.6. The lowest BCUT2D eigenvalue weighted by atomic mass is 10.0. The van der Waals surface area contributed by atoms with Gasteiger partial charge in [-0.1, -0.05) is 78.9 Å². The second-order valence-electron chi connectivity index (χ2n) is 9.97. The Kier molecular flexibility index (Phi) is 8.83. The van der Waals surface area contributed by atoms with Crippen LogP contribution < -0.4 is 15.4 Å². The van der Waals surface area contributed by atoms with E-state index in [0.717, 1.165) is 36.6 Å². The van der Waals surface area contributed by atoms with E-state index in [0.29, 0.717) is 45.0 Å². The number of thioether (sulfide) groups is 1. The average molecular weight is 604 g/mol. The summed E-state index contributed by atoms with van der Waals surface area (Å²) in [6.07, 6.45) is 2.54. The number of halogens is 1. The average Bonchev–Trinajstić information content (AvgIpc) is 3.25. The first kappa shape index (κ1) is 28.9. The molecule has 2 aliphatic rings. The first-order valence-electron chi connectivity index (χ1n) is 13.5. The third-order valence-corrected chi connectivity index (χ3v) is 9.18. The molecule has 0 radical (unpaired) electrons. The summed E-state index contributed by atoms with van der Waals surface area (Å²) in [7, 11) is 0. The number of carbonyl (C=O) groups is 1. The molecule has 10 heteroatoms. The van der Waals surface area contributed by atoms with E-state index >= 15 is 0 Å². The highest BCUT2D eigenvalue weighted by atomic mass is 35.5. The zero-order valence-corrected chi connectivity index (χ0v) is 25.4. The molecule has 7 nitrogen and oxygen atoms in total. The minimum Gasteiger partial charge on any atom is -0.368 e. The zero-order valence-electron chi connectivity index (χ0n) is 23.0. The molecule has 2 aliphatic heterocycles. The number of hydrogen-bond donors (Lipinski definition) is 0. The predicted molar refractivity (Wildman–Crippen MR) is 171 cm³/mol. The third-order valence-electron chi connectivity index (χ3n) is 7.43. The molecular weight excluding hydrogens is 574 g/mol. The highest BCUT2D eigenvalue weighted by molar-refractivity contribution is 8.26. The summed E-state index contributed by atoms with van der Waals surface area (Å²) in [5.41, 5.74) is 3.06. The molecule has 1 aromatic heterocycles. The van der Waals surface area contributed by atoms with Gasteiger partial charge in [0, 0.05) is 49.0 Å². The highest BCUT2D eigenvalue weighted by Gasteiger charge is 2.34. The van der Waals surface area contributed by atoms with E-state index in [-0.39, 0.29) is 23.6 Å². The maximum Gasteiger partial charge on any atom is 0.270 e. The molecule has 1 amide bonds. The summed E-state index contributed by atoms with van der Waals surface area (Å²) >= 11 is 13.2. The first-order chi connectivity index (χ1) is 19.8. The molecule has 210 valence electrons. The number of anilines is 2. The van der Waals surface area contributed by atoms with Gasteiger partial charge in [-0.2, -0.15) is 5.26 Å². The minimum atomic E-state index is -0.296. The normalized spacial score (nSPS) is 16.5. The van der Waals surface area contributed by atoms with Gasteiger partial charge < -0.3 is 9.80 Å². The van der Waals surface area contributed by atoms with Crippen molar-refractivity contribution >= 4 is 63.4 Å². The van der Waals surface area contributed by atoms with Crippen molar-refractivity contribution in [1.29, 1.82) is 5.26 Å². The number of aromatic nitrogens is 1. The topological polar surface area (TPSA) is 72.6 Å². The molecule has 0 bridgehead atoms. The molecule has 5 rings (SSSR count). The molecular formula is C31H30ClN5O2S2. The van der Waals surface area contributed by atoms with E-state index in [1.807, 2.05) is 49.4 Å². The third kappa shape index (κ3) is 5.78.